The number of anilines is 3. The average molecular weight is 284 g/mol. The molecule has 0 atom stereocenters. The number of nitrogen functional groups attached to an aromatic ring is 1. The molecule has 0 saturated carbocycles. The van der Waals surface area contributed by atoms with Gasteiger partial charge in [0.1, 0.15) is 0 Å². The normalized spacial score (nSPS) is 10.2. The molecule has 0 aliphatic rings. The Balaban J connectivity index is 2.52. The monoisotopic (exact) mass is 284 g/mol. The molecule has 2 rings (SSSR count). The summed E-state index contributed by atoms with van der Waals surface area (Å²) in [6.45, 7) is 4.74. The molecule has 0 unspecified atom stereocenters. The number of nitrogens with zero attached hydrogens (tertiary/aromatic N) is 1. The fraction of sp³-hybridized carbons (Fsp3) is 0.235. The zero-order valence-corrected chi connectivity index (χ0v) is 12.6. The van der Waals surface area contributed by atoms with E-state index in [1.807, 2.05) is 43.3 Å². The highest BCUT2D eigenvalue weighted by Gasteiger charge is 2.16. The van der Waals surface area contributed by atoms with Crippen LogP contribution in [0.4, 0.5) is 17.1 Å². The minimum absolute atomic E-state index is 0.405. The lowest BCUT2D eigenvalue weighted by Crippen LogP contribution is -2.17. The van der Waals surface area contributed by atoms with Gasteiger partial charge in [-0.3, -0.25) is 0 Å². The second-order valence-corrected chi connectivity index (χ2v) is 4.80. The number of ether oxygens (including phenoxy) is 1. The molecule has 0 spiro atoms. The molecule has 110 valence electrons. The third-order valence-electron chi connectivity index (χ3n) is 3.47. The van der Waals surface area contributed by atoms with Crippen molar-refractivity contribution in [1.29, 1.82) is 0 Å². The van der Waals surface area contributed by atoms with Crippen molar-refractivity contribution in [2.24, 2.45) is 0 Å². The highest BCUT2D eigenvalue weighted by Crippen LogP contribution is 2.30. The molecule has 0 saturated heterocycles. The van der Waals surface area contributed by atoms with Crippen LogP contribution >= 0.6 is 0 Å². The Labute approximate surface area is 125 Å². The van der Waals surface area contributed by atoms with E-state index in [0.717, 1.165) is 23.5 Å². The number of methoxy groups -OCH3 is 1. The molecule has 2 aromatic carbocycles. The Kier molecular flexibility index (Phi) is 4.48. The maximum absolute atomic E-state index is 11.9. The summed E-state index contributed by atoms with van der Waals surface area (Å²) in [4.78, 5) is 14.0. The Morgan fingerprint density at radius 3 is 2.43 bits per heavy atom. The van der Waals surface area contributed by atoms with Gasteiger partial charge in [-0.05, 0) is 43.7 Å². The lowest BCUT2D eigenvalue weighted by Gasteiger charge is -2.25. The van der Waals surface area contributed by atoms with Crippen LogP contribution in [0, 0.1) is 6.92 Å². The molecule has 0 aliphatic carbocycles. The van der Waals surface area contributed by atoms with Crippen molar-refractivity contribution in [3.8, 4) is 0 Å². The molecular weight excluding hydrogens is 264 g/mol. The van der Waals surface area contributed by atoms with Crippen LogP contribution in [0.15, 0.2) is 42.5 Å². The molecule has 4 nitrogen and oxygen atoms in total. The van der Waals surface area contributed by atoms with Gasteiger partial charge in [-0.1, -0.05) is 18.2 Å². The van der Waals surface area contributed by atoms with Crippen LogP contribution in [0.25, 0.3) is 0 Å². The Morgan fingerprint density at radius 1 is 1.19 bits per heavy atom. The number of hydrogen-bond donors (Lipinski definition) is 1. The standard InChI is InChI=1S/C17H20N2O2/c1-4-19(13-8-6-5-7-9-13)14-10-12(2)16(18)15(11-14)17(20)21-3/h5-11H,4,18H2,1-3H3. The highest BCUT2D eigenvalue weighted by atomic mass is 16.5. The molecular formula is C17H20N2O2. The van der Waals surface area contributed by atoms with E-state index < -0.39 is 5.97 Å². The quantitative estimate of drug-likeness (QED) is 0.689. The van der Waals surface area contributed by atoms with E-state index >= 15 is 0 Å². The molecule has 0 aromatic heterocycles. The molecule has 2 N–H and O–H groups in total. The second kappa shape index (κ2) is 6.31. The lowest BCUT2D eigenvalue weighted by molar-refractivity contribution is 0.0602. The first-order chi connectivity index (χ1) is 10.1. The number of esters is 1. The van der Waals surface area contributed by atoms with Crippen LogP contribution in [-0.2, 0) is 4.74 Å². The van der Waals surface area contributed by atoms with Gasteiger partial charge in [0.2, 0.25) is 0 Å². The number of rotatable bonds is 4. The number of hydrogen-bond acceptors (Lipinski definition) is 4. The summed E-state index contributed by atoms with van der Waals surface area (Å²) < 4.78 is 4.81. The number of aryl methyl sites for hydroxylation is 1. The summed E-state index contributed by atoms with van der Waals surface area (Å²) in [5, 5.41) is 0. The van der Waals surface area contributed by atoms with Gasteiger partial charge in [0, 0.05) is 23.6 Å². The molecule has 0 amide bonds. The fourth-order valence-electron chi connectivity index (χ4n) is 2.34. The summed E-state index contributed by atoms with van der Waals surface area (Å²) in [6, 6.07) is 13.8. The molecule has 4 heteroatoms. The zero-order chi connectivity index (χ0) is 15.4. The predicted octanol–water partition coefficient (Wildman–Crippen LogP) is 3.52. The number of benzene rings is 2. The van der Waals surface area contributed by atoms with Crippen LogP contribution < -0.4 is 10.6 Å². The minimum Gasteiger partial charge on any atom is -0.465 e. The SMILES string of the molecule is CCN(c1ccccc1)c1cc(C)c(N)c(C(=O)OC)c1. The van der Waals surface area contributed by atoms with Crippen molar-refractivity contribution in [3.63, 3.8) is 0 Å². The van der Waals surface area contributed by atoms with Crippen LogP contribution in [0.2, 0.25) is 0 Å². The van der Waals surface area contributed by atoms with E-state index in [-0.39, 0.29) is 0 Å². The second-order valence-electron chi connectivity index (χ2n) is 4.80. The van der Waals surface area contributed by atoms with E-state index in [4.69, 9.17) is 10.5 Å². The number of para-hydroxylation sites is 1. The predicted molar refractivity (Wildman–Crippen MR) is 86.1 cm³/mol. The molecule has 21 heavy (non-hydrogen) atoms. The van der Waals surface area contributed by atoms with Crippen LogP contribution in [0.3, 0.4) is 0 Å². The van der Waals surface area contributed by atoms with Crippen molar-refractivity contribution in [2.75, 3.05) is 24.3 Å². The summed E-state index contributed by atoms with van der Waals surface area (Å²) in [5.41, 5.74) is 9.72. The van der Waals surface area contributed by atoms with Crippen molar-refractivity contribution >= 4 is 23.0 Å². The molecule has 2 aromatic rings. The van der Waals surface area contributed by atoms with E-state index in [0.29, 0.717) is 11.3 Å². The Bertz CT molecular complexity index is 639. The van der Waals surface area contributed by atoms with Crippen molar-refractivity contribution in [2.45, 2.75) is 13.8 Å². The first kappa shape index (κ1) is 14.9. The fourth-order valence-corrected chi connectivity index (χ4v) is 2.34. The van der Waals surface area contributed by atoms with Gasteiger partial charge in [-0.15, -0.1) is 0 Å². The van der Waals surface area contributed by atoms with E-state index in [1.165, 1.54) is 7.11 Å². The smallest absolute Gasteiger partial charge is 0.340 e. The van der Waals surface area contributed by atoms with Crippen molar-refractivity contribution in [1.82, 2.24) is 0 Å². The summed E-state index contributed by atoms with van der Waals surface area (Å²) in [7, 11) is 1.36. The van der Waals surface area contributed by atoms with Gasteiger partial charge in [-0.2, -0.15) is 0 Å². The van der Waals surface area contributed by atoms with Crippen LogP contribution in [0.5, 0.6) is 0 Å². The van der Waals surface area contributed by atoms with Gasteiger partial charge < -0.3 is 15.4 Å². The Hall–Kier alpha value is -2.49. The van der Waals surface area contributed by atoms with Gasteiger partial charge in [0.05, 0.1) is 12.7 Å². The van der Waals surface area contributed by atoms with Gasteiger partial charge >= 0.3 is 5.97 Å². The average Bonchev–Trinajstić information content (AvgIpc) is 2.51. The zero-order valence-electron chi connectivity index (χ0n) is 12.6. The van der Waals surface area contributed by atoms with Gasteiger partial charge in [0.25, 0.3) is 0 Å². The van der Waals surface area contributed by atoms with Gasteiger partial charge in [-0.25, -0.2) is 4.79 Å². The number of carbonyl (C=O) groups excluding carboxylic acids is 1. The summed E-state index contributed by atoms with van der Waals surface area (Å²) in [5.74, 6) is -0.415. The molecule has 0 heterocycles. The first-order valence-electron chi connectivity index (χ1n) is 6.89. The summed E-state index contributed by atoms with van der Waals surface area (Å²) >= 11 is 0. The minimum atomic E-state index is -0.415. The third-order valence-corrected chi connectivity index (χ3v) is 3.47. The van der Waals surface area contributed by atoms with E-state index in [1.54, 1.807) is 6.07 Å². The van der Waals surface area contributed by atoms with Crippen molar-refractivity contribution in [3.05, 3.63) is 53.6 Å². The topological polar surface area (TPSA) is 55.6 Å². The molecule has 0 bridgehead atoms. The first-order valence-corrected chi connectivity index (χ1v) is 6.89. The third kappa shape index (κ3) is 2.99. The molecule has 0 aliphatic heterocycles. The lowest BCUT2D eigenvalue weighted by atomic mass is 10.1. The Morgan fingerprint density at radius 2 is 1.86 bits per heavy atom. The number of nitrogens with two attached hydrogens (primary N) is 1. The maximum atomic E-state index is 11.9. The summed E-state index contributed by atoms with van der Waals surface area (Å²) in [6.07, 6.45) is 0. The molecule has 0 fully saturated rings. The highest BCUT2D eigenvalue weighted by molar-refractivity contribution is 5.97. The largest absolute Gasteiger partial charge is 0.465 e. The number of carbonyl (C=O) groups is 1. The van der Waals surface area contributed by atoms with Crippen LogP contribution in [0.1, 0.15) is 22.8 Å². The maximum Gasteiger partial charge on any atom is 0.340 e. The van der Waals surface area contributed by atoms with E-state index in [9.17, 15) is 4.79 Å². The molecule has 0 radical (unpaired) electrons. The van der Waals surface area contributed by atoms with E-state index in [2.05, 4.69) is 11.8 Å². The van der Waals surface area contributed by atoms with Gasteiger partial charge in [0.15, 0.2) is 0 Å². The van der Waals surface area contributed by atoms with Crippen LogP contribution in [-0.4, -0.2) is 19.6 Å². The van der Waals surface area contributed by atoms with Crippen molar-refractivity contribution < 1.29 is 9.53 Å².